The normalized spacial score (nSPS) is 11.2. The minimum Gasteiger partial charge on any atom is -0.481 e. The summed E-state index contributed by atoms with van der Waals surface area (Å²) in [6.45, 7) is 6.82. The molecule has 23 heavy (non-hydrogen) atoms. The Hall–Kier alpha value is -1.82. The van der Waals surface area contributed by atoms with E-state index in [0.717, 1.165) is 21.4 Å². The molecule has 124 valence electrons. The van der Waals surface area contributed by atoms with Crippen LogP contribution in [0.5, 0.6) is 0 Å². The number of halogens is 1. The van der Waals surface area contributed by atoms with E-state index in [-0.39, 0.29) is 18.2 Å². The molecule has 0 aliphatic heterocycles. The number of benzene rings is 1. The number of hydrogen-bond acceptors (Lipinski definition) is 3. The summed E-state index contributed by atoms with van der Waals surface area (Å²) in [5, 5.41) is 9.87. The van der Waals surface area contributed by atoms with Crippen LogP contribution >= 0.6 is 11.8 Å². The van der Waals surface area contributed by atoms with Crippen molar-refractivity contribution >= 4 is 17.7 Å². The van der Waals surface area contributed by atoms with E-state index >= 15 is 0 Å². The molecule has 0 radical (unpaired) electrons. The second-order valence-corrected chi connectivity index (χ2v) is 6.63. The summed E-state index contributed by atoms with van der Waals surface area (Å²) in [4.78, 5) is 16.3. The zero-order valence-electron chi connectivity index (χ0n) is 13.5. The van der Waals surface area contributed by atoms with E-state index in [1.54, 1.807) is 6.07 Å². The molecule has 0 bridgehead atoms. The van der Waals surface area contributed by atoms with Gasteiger partial charge in [-0.15, -0.1) is 0 Å². The number of imidazole rings is 1. The van der Waals surface area contributed by atoms with Crippen molar-refractivity contribution in [1.82, 2.24) is 9.55 Å². The van der Waals surface area contributed by atoms with E-state index < -0.39 is 5.97 Å². The number of hydrogen-bond donors (Lipinski definition) is 1. The number of aromatic nitrogens is 2. The lowest BCUT2D eigenvalue weighted by molar-refractivity contribution is -0.137. The highest BCUT2D eigenvalue weighted by Gasteiger charge is 2.20. The number of nitrogens with zero attached hydrogens (tertiary/aromatic N) is 2. The third-order valence-corrected chi connectivity index (χ3v) is 4.57. The van der Waals surface area contributed by atoms with Crippen molar-refractivity contribution in [1.29, 1.82) is 0 Å². The first-order valence-electron chi connectivity index (χ1n) is 7.66. The van der Waals surface area contributed by atoms with Crippen LogP contribution in [0, 0.1) is 5.82 Å². The fraction of sp³-hybridized carbons (Fsp3) is 0.412. The number of rotatable bonds is 7. The quantitative estimate of drug-likeness (QED) is 0.817. The first-order valence-corrected chi connectivity index (χ1v) is 8.48. The van der Waals surface area contributed by atoms with Gasteiger partial charge in [0.15, 0.2) is 0 Å². The standard InChI is InChI=1S/C17H21FN2O2S/c1-4-20-14(8-9-15(21)22)19-16(11(2)3)17(20)23-13-7-5-6-12(18)10-13/h5-7,10-11H,4,8-9H2,1-3H3,(H,21,22). The van der Waals surface area contributed by atoms with E-state index in [4.69, 9.17) is 5.11 Å². The van der Waals surface area contributed by atoms with E-state index in [9.17, 15) is 9.18 Å². The van der Waals surface area contributed by atoms with E-state index in [1.165, 1.54) is 23.9 Å². The second-order valence-electron chi connectivity index (χ2n) is 5.57. The van der Waals surface area contributed by atoms with Crippen LogP contribution in [0.25, 0.3) is 0 Å². The van der Waals surface area contributed by atoms with Crippen LogP contribution in [0.3, 0.4) is 0 Å². The highest BCUT2D eigenvalue weighted by molar-refractivity contribution is 7.99. The van der Waals surface area contributed by atoms with Crippen LogP contribution in [0.1, 0.15) is 44.6 Å². The molecule has 1 N–H and O–H groups in total. The van der Waals surface area contributed by atoms with Gasteiger partial charge in [0.1, 0.15) is 16.7 Å². The molecule has 0 saturated carbocycles. The van der Waals surface area contributed by atoms with E-state index in [0.29, 0.717) is 13.0 Å². The summed E-state index contributed by atoms with van der Waals surface area (Å²) in [6.07, 6.45) is 0.450. The SMILES string of the molecule is CCn1c(CCC(=O)O)nc(C(C)C)c1Sc1cccc(F)c1. The third kappa shape index (κ3) is 4.34. The van der Waals surface area contributed by atoms with Gasteiger partial charge >= 0.3 is 5.97 Å². The summed E-state index contributed by atoms with van der Waals surface area (Å²) in [7, 11) is 0. The van der Waals surface area contributed by atoms with Crippen LogP contribution in [0.4, 0.5) is 4.39 Å². The van der Waals surface area contributed by atoms with Gasteiger partial charge in [-0.25, -0.2) is 9.37 Å². The lowest BCUT2D eigenvalue weighted by Gasteiger charge is -2.11. The molecule has 0 atom stereocenters. The summed E-state index contributed by atoms with van der Waals surface area (Å²) in [6, 6.07) is 6.47. The highest BCUT2D eigenvalue weighted by atomic mass is 32.2. The average molecular weight is 336 g/mol. The number of carboxylic acids is 1. The molecule has 0 aliphatic rings. The van der Waals surface area contributed by atoms with Gasteiger partial charge in [-0.05, 0) is 31.0 Å². The lowest BCUT2D eigenvalue weighted by atomic mass is 10.1. The van der Waals surface area contributed by atoms with Crippen molar-refractivity contribution in [2.75, 3.05) is 0 Å². The summed E-state index contributed by atoms with van der Waals surface area (Å²) in [5.74, 6) is -0.115. The number of aliphatic carboxylic acids is 1. The Balaban J connectivity index is 2.40. The van der Waals surface area contributed by atoms with Crippen LogP contribution in [0.2, 0.25) is 0 Å². The number of aryl methyl sites for hydroxylation is 1. The highest BCUT2D eigenvalue weighted by Crippen LogP contribution is 2.35. The summed E-state index contributed by atoms with van der Waals surface area (Å²) >= 11 is 1.48. The Bertz CT molecular complexity index is 698. The molecule has 1 aromatic heterocycles. The van der Waals surface area contributed by atoms with Crippen LogP contribution in [-0.4, -0.2) is 20.6 Å². The fourth-order valence-electron chi connectivity index (χ4n) is 2.36. The zero-order valence-corrected chi connectivity index (χ0v) is 14.4. The molecule has 4 nitrogen and oxygen atoms in total. The summed E-state index contributed by atoms with van der Waals surface area (Å²) < 4.78 is 15.5. The molecule has 2 aromatic rings. The molecule has 0 fully saturated rings. The molecule has 2 rings (SSSR count). The molecule has 0 saturated heterocycles. The lowest BCUT2D eigenvalue weighted by Crippen LogP contribution is -2.06. The van der Waals surface area contributed by atoms with Gasteiger partial charge < -0.3 is 9.67 Å². The Labute approximate surface area is 139 Å². The van der Waals surface area contributed by atoms with Gasteiger partial charge in [-0.2, -0.15) is 0 Å². The van der Waals surface area contributed by atoms with Gasteiger partial charge in [0.25, 0.3) is 0 Å². The zero-order chi connectivity index (χ0) is 17.0. The van der Waals surface area contributed by atoms with Crippen LogP contribution in [-0.2, 0) is 17.8 Å². The van der Waals surface area contributed by atoms with Crippen LogP contribution < -0.4 is 0 Å². The summed E-state index contributed by atoms with van der Waals surface area (Å²) in [5.41, 5.74) is 0.932. The molecule has 0 unspecified atom stereocenters. The molecular formula is C17H21FN2O2S. The fourth-order valence-corrected chi connectivity index (χ4v) is 3.64. The van der Waals surface area contributed by atoms with Crippen LogP contribution in [0.15, 0.2) is 34.2 Å². The maximum absolute atomic E-state index is 13.4. The van der Waals surface area contributed by atoms with Gasteiger partial charge in [0.2, 0.25) is 0 Å². The number of carboxylic acid groups (broad SMARTS) is 1. The van der Waals surface area contributed by atoms with Gasteiger partial charge in [-0.3, -0.25) is 4.79 Å². The van der Waals surface area contributed by atoms with Crippen molar-refractivity contribution < 1.29 is 14.3 Å². The minimum atomic E-state index is -0.832. The molecule has 6 heteroatoms. The number of carbonyl (C=O) groups is 1. The minimum absolute atomic E-state index is 0.0542. The van der Waals surface area contributed by atoms with E-state index in [1.807, 2.05) is 17.6 Å². The largest absolute Gasteiger partial charge is 0.481 e. The topological polar surface area (TPSA) is 55.1 Å². The predicted molar refractivity (Wildman–Crippen MR) is 88.5 cm³/mol. The molecule has 1 aromatic carbocycles. The molecular weight excluding hydrogens is 315 g/mol. The van der Waals surface area contributed by atoms with Crippen molar-refractivity contribution in [3.8, 4) is 0 Å². The molecule has 0 spiro atoms. The van der Waals surface area contributed by atoms with Crippen molar-refractivity contribution in [3.63, 3.8) is 0 Å². The van der Waals surface area contributed by atoms with Crippen molar-refractivity contribution in [2.24, 2.45) is 0 Å². The smallest absolute Gasteiger partial charge is 0.303 e. The molecule has 1 heterocycles. The third-order valence-electron chi connectivity index (χ3n) is 3.46. The van der Waals surface area contributed by atoms with E-state index in [2.05, 4.69) is 18.8 Å². The molecule has 0 aliphatic carbocycles. The Morgan fingerprint density at radius 3 is 2.74 bits per heavy atom. The second kappa shape index (κ2) is 7.64. The maximum Gasteiger partial charge on any atom is 0.303 e. The Morgan fingerprint density at radius 1 is 1.43 bits per heavy atom. The van der Waals surface area contributed by atoms with Crippen molar-refractivity contribution in [3.05, 3.63) is 41.6 Å². The first-order chi connectivity index (χ1) is 10.9. The Kier molecular flexibility index (Phi) is 5.82. The van der Waals surface area contributed by atoms with Crippen molar-refractivity contribution in [2.45, 2.75) is 56.0 Å². The monoisotopic (exact) mass is 336 g/mol. The maximum atomic E-state index is 13.4. The average Bonchev–Trinajstić information content (AvgIpc) is 2.83. The Morgan fingerprint density at radius 2 is 2.17 bits per heavy atom. The predicted octanol–water partition coefficient (Wildman–Crippen LogP) is 4.33. The first kappa shape index (κ1) is 17.5. The van der Waals surface area contributed by atoms with Gasteiger partial charge in [0.05, 0.1) is 12.1 Å². The molecule has 0 amide bonds. The van der Waals surface area contributed by atoms with Gasteiger partial charge in [0, 0.05) is 17.9 Å². The van der Waals surface area contributed by atoms with Gasteiger partial charge in [-0.1, -0.05) is 31.7 Å².